The predicted molar refractivity (Wildman–Crippen MR) is 101 cm³/mol. The Morgan fingerprint density at radius 2 is 1.56 bits per heavy atom. The van der Waals surface area contributed by atoms with E-state index in [1.54, 1.807) is 19.1 Å². The van der Waals surface area contributed by atoms with Crippen LogP contribution in [0.25, 0.3) is 0 Å². The van der Waals surface area contributed by atoms with Crippen LogP contribution in [0.4, 0.5) is 0 Å². The van der Waals surface area contributed by atoms with E-state index in [2.05, 4.69) is 42.0 Å². The van der Waals surface area contributed by atoms with Gasteiger partial charge in [-0.15, -0.1) is 0 Å². The first-order valence-electron chi connectivity index (χ1n) is 8.51. The van der Waals surface area contributed by atoms with Crippen LogP contribution in [0, 0.1) is 0 Å². The molecule has 4 nitrogen and oxygen atoms in total. The molecule has 0 aliphatic rings. The molecular weight excluding hydrogens is 336 g/mol. The number of benzene rings is 2. The lowest BCUT2D eigenvalue weighted by Gasteiger charge is -2.06. The first kappa shape index (κ1) is 20.9. The van der Waals surface area contributed by atoms with Crippen molar-refractivity contribution in [2.45, 2.75) is 44.4 Å². The molecule has 0 unspecified atom stereocenters. The SMILES string of the molecule is CCCCc1ccccc1.CCCS(=O)(=O)c1ccccc1OC=O. The van der Waals surface area contributed by atoms with Crippen molar-refractivity contribution in [2.75, 3.05) is 5.75 Å². The van der Waals surface area contributed by atoms with Crippen molar-refractivity contribution in [3.05, 3.63) is 60.2 Å². The zero-order chi connectivity index (χ0) is 18.5. The maximum atomic E-state index is 11.7. The molecule has 2 rings (SSSR count). The van der Waals surface area contributed by atoms with E-state index in [-0.39, 0.29) is 22.9 Å². The van der Waals surface area contributed by atoms with Crippen LogP contribution >= 0.6 is 0 Å². The number of carbonyl (C=O) groups excluding carboxylic acids is 1. The van der Waals surface area contributed by atoms with Crippen LogP contribution < -0.4 is 4.74 Å². The van der Waals surface area contributed by atoms with Crippen LogP contribution in [0.1, 0.15) is 38.7 Å². The molecule has 0 spiro atoms. The topological polar surface area (TPSA) is 60.4 Å². The third-order valence-corrected chi connectivity index (χ3v) is 5.45. The van der Waals surface area contributed by atoms with Crippen LogP contribution in [0.5, 0.6) is 5.75 Å². The zero-order valence-electron chi connectivity index (χ0n) is 14.9. The largest absolute Gasteiger partial charge is 0.427 e. The van der Waals surface area contributed by atoms with Gasteiger partial charge in [0.05, 0.1) is 5.75 Å². The highest BCUT2D eigenvalue weighted by atomic mass is 32.2. The van der Waals surface area contributed by atoms with Crippen molar-refractivity contribution in [1.29, 1.82) is 0 Å². The highest BCUT2D eigenvalue weighted by Gasteiger charge is 2.18. The van der Waals surface area contributed by atoms with Crippen LogP contribution in [0.2, 0.25) is 0 Å². The number of hydrogen-bond donors (Lipinski definition) is 0. The van der Waals surface area contributed by atoms with E-state index in [0.29, 0.717) is 6.42 Å². The average molecular weight is 362 g/mol. The average Bonchev–Trinajstić information content (AvgIpc) is 2.62. The number of para-hydroxylation sites is 1. The van der Waals surface area contributed by atoms with Gasteiger partial charge >= 0.3 is 0 Å². The second kappa shape index (κ2) is 11.4. The number of aryl methyl sites for hydroxylation is 1. The molecule has 25 heavy (non-hydrogen) atoms. The maximum absolute atomic E-state index is 11.7. The molecule has 0 saturated carbocycles. The molecule has 0 atom stereocenters. The molecule has 0 bridgehead atoms. The second-order valence-electron chi connectivity index (χ2n) is 5.57. The number of ether oxygens (including phenoxy) is 1. The van der Waals surface area contributed by atoms with Crippen LogP contribution in [-0.4, -0.2) is 20.6 Å². The Kier molecular flexibility index (Phi) is 9.55. The standard InChI is InChI=1S/C10H12O4S.C10H14/c1-2-7-15(12,13)10-6-4-3-5-9(10)14-8-11;1-2-3-7-10-8-5-4-6-9-10/h3-6,8H,2,7H2,1H3;4-6,8-9H,2-3,7H2,1H3. The minimum atomic E-state index is -3.35. The fraction of sp³-hybridized carbons (Fsp3) is 0.350. The Morgan fingerprint density at radius 1 is 0.920 bits per heavy atom. The summed E-state index contributed by atoms with van der Waals surface area (Å²) in [5.74, 6) is 0.132. The van der Waals surface area contributed by atoms with Gasteiger partial charge in [0, 0.05) is 0 Å². The highest BCUT2D eigenvalue weighted by Crippen LogP contribution is 2.24. The van der Waals surface area contributed by atoms with E-state index in [4.69, 9.17) is 0 Å². The smallest absolute Gasteiger partial charge is 0.298 e. The van der Waals surface area contributed by atoms with E-state index >= 15 is 0 Å². The van der Waals surface area contributed by atoms with Gasteiger partial charge in [0.2, 0.25) is 0 Å². The lowest BCUT2D eigenvalue weighted by molar-refractivity contribution is -0.120. The number of unbranched alkanes of at least 4 members (excludes halogenated alkanes) is 1. The van der Waals surface area contributed by atoms with Crippen LogP contribution in [0.3, 0.4) is 0 Å². The van der Waals surface area contributed by atoms with Gasteiger partial charge in [0.25, 0.3) is 6.47 Å². The van der Waals surface area contributed by atoms with E-state index in [9.17, 15) is 13.2 Å². The normalized spacial score (nSPS) is 10.5. The van der Waals surface area contributed by atoms with Gasteiger partial charge < -0.3 is 4.74 Å². The minimum Gasteiger partial charge on any atom is -0.427 e. The van der Waals surface area contributed by atoms with Crippen molar-refractivity contribution >= 4 is 16.3 Å². The maximum Gasteiger partial charge on any atom is 0.298 e. The monoisotopic (exact) mass is 362 g/mol. The third kappa shape index (κ3) is 7.52. The van der Waals surface area contributed by atoms with Crippen molar-refractivity contribution in [2.24, 2.45) is 0 Å². The highest BCUT2D eigenvalue weighted by molar-refractivity contribution is 7.91. The summed E-state index contributed by atoms with van der Waals surface area (Å²) in [4.78, 5) is 10.3. The van der Waals surface area contributed by atoms with E-state index in [1.165, 1.54) is 37.0 Å². The van der Waals surface area contributed by atoms with E-state index in [0.717, 1.165) is 0 Å². The molecule has 0 fully saturated rings. The molecule has 0 amide bonds. The molecule has 0 radical (unpaired) electrons. The van der Waals surface area contributed by atoms with Crippen molar-refractivity contribution in [3.63, 3.8) is 0 Å². The summed E-state index contributed by atoms with van der Waals surface area (Å²) in [6, 6.07) is 16.8. The Balaban J connectivity index is 0.000000271. The fourth-order valence-corrected chi connectivity index (χ4v) is 3.73. The summed E-state index contributed by atoms with van der Waals surface area (Å²) in [5.41, 5.74) is 1.46. The first-order chi connectivity index (χ1) is 12.0. The summed E-state index contributed by atoms with van der Waals surface area (Å²) in [5, 5.41) is 0. The molecule has 0 N–H and O–H groups in total. The second-order valence-corrected chi connectivity index (χ2v) is 7.65. The van der Waals surface area contributed by atoms with Gasteiger partial charge in [-0.05, 0) is 37.0 Å². The van der Waals surface area contributed by atoms with Crippen molar-refractivity contribution in [1.82, 2.24) is 0 Å². The molecule has 2 aromatic rings. The summed E-state index contributed by atoms with van der Waals surface area (Å²) in [7, 11) is -3.35. The third-order valence-electron chi connectivity index (χ3n) is 3.49. The fourth-order valence-electron chi connectivity index (χ4n) is 2.26. The molecule has 0 aliphatic carbocycles. The molecule has 0 aliphatic heterocycles. The van der Waals surface area contributed by atoms with E-state index in [1.807, 2.05) is 0 Å². The number of rotatable bonds is 8. The number of carbonyl (C=O) groups is 1. The van der Waals surface area contributed by atoms with Gasteiger partial charge in [0.1, 0.15) is 10.6 Å². The Bertz CT molecular complexity index is 724. The molecule has 0 heterocycles. The molecule has 2 aromatic carbocycles. The van der Waals surface area contributed by atoms with Gasteiger partial charge in [0.15, 0.2) is 9.84 Å². The van der Waals surface area contributed by atoms with Crippen molar-refractivity contribution in [3.8, 4) is 5.75 Å². The molecular formula is C20H26O4S. The zero-order valence-corrected chi connectivity index (χ0v) is 15.7. The lowest BCUT2D eigenvalue weighted by atomic mass is 10.1. The number of sulfone groups is 1. The molecule has 5 heteroatoms. The van der Waals surface area contributed by atoms with Crippen LogP contribution in [-0.2, 0) is 21.1 Å². The van der Waals surface area contributed by atoms with Gasteiger partial charge in [-0.1, -0.05) is 62.7 Å². The summed E-state index contributed by atoms with van der Waals surface area (Å²) in [6.07, 6.45) is 4.36. The number of hydrogen-bond acceptors (Lipinski definition) is 4. The van der Waals surface area contributed by atoms with Gasteiger partial charge in [-0.25, -0.2) is 8.42 Å². The lowest BCUT2D eigenvalue weighted by Crippen LogP contribution is -2.08. The van der Waals surface area contributed by atoms with Crippen LogP contribution in [0.15, 0.2) is 59.5 Å². The Hall–Kier alpha value is -2.14. The predicted octanol–water partition coefficient (Wildman–Crippen LogP) is 4.43. The van der Waals surface area contributed by atoms with Crippen molar-refractivity contribution < 1.29 is 17.9 Å². The molecule has 0 aromatic heterocycles. The first-order valence-corrected chi connectivity index (χ1v) is 10.2. The van der Waals surface area contributed by atoms with E-state index < -0.39 is 9.84 Å². The summed E-state index contributed by atoms with van der Waals surface area (Å²) in [6.45, 7) is 4.23. The summed E-state index contributed by atoms with van der Waals surface area (Å²) < 4.78 is 28.1. The Labute approximate surface area is 150 Å². The Morgan fingerprint density at radius 3 is 2.16 bits per heavy atom. The molecule has 0 saturated heterocycles. The summed E-state index contributed by atoms with van der Waals surface area (Å²) >= 11 is 0. The van der Waals surface area contributed by atoms with Gasteiger partial charge in [-0.2, -0.15) is 0 Å². The quantitative estimate of drug-likeness (QED) is 0.652. The van der Waals surface area contributed by atoms with Gasteiger partial charge in [-0.3, -0.25) is 4.79 Å². The minimum absolute atomic E-state index is 0.0478. The molecule has 136 valence electrons.